The van der Waals surface area contributed by atoms with Gasteiger partial charge in [0.1, 0.15) is 0 Å². The zero-order valence-corrected chi connectivity index (χ0v) is 13.2. The van der Waals surface area contributed by atoms with Gasteiger partial charge < -0.3 is 19.4 Å². The number of furan rings is 1. The van der Waals surface area contributed by atoms with Gasteiger partial charge in [-0.3, -0.25) is 0 Å². The second-order valence-corrected chi connectivity index (χ2v) is 5.35. The second kappa shape index (κ2) is 8.08. The van der Waals surface area contributed by atoms with Crippen molar-refractivity contribution in [3.63, 3.8) is 0 Å². The summed E-state index contributed by atoms with van der Waals surface area (Å²) in [5.41, 5.74) is 3.30. The van der Waals surface area contributed by atoms with E-state index in [1.807, 2.05) is 19.2 Å². The molecule has 1 aromatic heterocycles. The molecule has 0 bridgehead atoms. The topological polar surface area (TPSA) is 37.6 Å². The molecule has 0 aliphatic carbocycles. The first-order chi connectivity index (χ1) is 10.2. The Labute approximate surface area is 130 Å². The number of anilines is 1. The van der Waals surface area contributed by atoms with E-state index in [1.54, 1.807) is 19.6 Å². The van der Waals surface area contributed by atoms with Crippen LogP contribution in [-0.2, 0) is 17.8 Å². The van der Waals surface area contributed by atoms with Crippen LogP contribution in [0.5, 0.6) is 0 Å². The lowest BCUT2D eigenvalue weighted by atomic mass is 10.2. The van der Waals surface area contributed by atoms with Gasteiger partial charge >= 0.3 is 0 Å². The van der Waals surface area contributed by atoms with Crippen LogP contribution in [0.4, 0.5) is 5.69 Å². The average molecular weight is 309 g/mol. The number of rotatable bonds is 8. The van der Waals surface area contributed by atoms with Gasteiger partial charge in [0, 0.05) is 39.4 Å². The summed E-state index contributed by atoms with van der Waals surface area (Å²) < 4.78 is 10.1. The Morgan fingerprint density at radius 1 is 1.29 bits per heavy atom. The lowest BCUT2D eigenvalue weighted by molar-refractivity contribution is 0.199. The number of nitrogens with zero attached hydrogens (tertiary/aromatic N) is 1. The molecule has 1 heterocycles. The maximum absolute atomic E-state index is 6.39. The van der Waals surface area contributed by atoms with Crippen LogP contribution >= 0.6 is 11.6 Å². The van der Waals surface area contributed by atoms with Crippen LogP contribution in [0.1, 0.15) is 11.1 Å². The normalized spacial score (nSPS) is 10.8. The van der Waals surface area contributed by atoms with Gasteiger partial charge in [0.25, 0.3) is 0 Å². The van der Waals surface area contributed by atoms with Gasteiger partial charge in [-0.05, 0) is 23.8 Å². The Kier molecular flexibility index (Phi) is 6.11. The molecule has 21 heavy (non-hydrogen) atoms. The van der Waals surface area contributed by atoms with Crippen molar-refractivity contribution in [2.45, 2.75) is 13.1 Å². The van der Waals surface area contributed by atoms with Gasteiger partial charge in [-0.2, -0.15) is 0 Å². The molecule has 0 fully saturated rings. The smallest absolute Gasteiger partial charge is 0.0952 e. The molecular formula is C16H21ClN2O2. The molecule has 0 radical (unpaired) electrons. The fourth-order valence-electron chi connectivity index (χ4n) is 2.12. The van der Waals surface area contributed by atoms with E-state index in [2.05, 4.69) is 22.3 Å². The van der Waals surface area contributed by atoms with E-state index in [0.717, 1.165) is 41.5 Å². The standard InChI is InChI=1S/C16H21ClN2O2/c1-19(11-14-5-7-21-12-14)16-4-3-13(9-15(16)17)10-18-6-8-20-2/h3-5,7,9,12,18H,6,8,10-11H2,1-2H3. The first kappa shape index (κ1) is 15.9. The highest BCUT2D eigenvalue weighted by Gasteiger charge is 2.08. The Morgan fingerprint density at radius 2 is 2.14 bits per heavy atom. The zero-order valence-electron chi connectivity index (χ0n) is 12.4. The molecular weight excluding hydrogens is 288 g/mol. The summed E-state index contributed by atoms with van der Waals surface area (Å²) >= 11 is 6.39. The van der Waals surface area contributed by atoms with Crippen LogP contribution in [0.2, 0.25) is 5.02 Å². The molecule has 0 unspecified atom stereocenters. The van der Waals surface area contributed by atoms with Gasteiger partial charge in [-0.15, -0.1) is 0 Å². The largest absolute Gasteiger partial charge is 0.472 e. The third kappa shape index (κ3) is 4.77. The van der Waals surface area contributed by atoms with Gasteiger partial charge in [-0.1, -0.05) is 17.7 Å². The van der Waals surface area contributed by atoms with Crippen LogP contribution in [0.3, 0.4) is 0 Å². The van der Waals surface area contributed by atoms with E-state index in [9.17, 15) is 0 Å². The second-order valence-electron chi connectivity index (χ2n) is 4.94. The summed E-state index contributed by atoms with van der Waals surface area (Å²) in [4.78, 5) is 2.11. The maximum Gasteiger partial charge on any atom is 0.0952 e. The van der Waals surface area contributed by atoms with Gasteiger partial charge in [-0.25, -0.2) is 0 Å². The van der Waals surface area contributed by atoms with Gasteiger partial charge in [0.2, 0.25) is 0 Å². The van der Waals surface area contributed by atoms with Crippen molar-refractivity contribution in [1.82, 2.24) is 5.32 Å². The van der Waals surface area contributed by atoms with Crippen molar-refractivity contribution in [1.29, 1.82) is 0 Å². The molecule has 0 saturated carbocycles. The predicted octanol–water partition coefficient (Wildman–Crippen LogP) is 3.31. The molecule has 0 spiro atoms. The Balaban J connectivity index is 1.94. The number of hydrogen-bond donors (Lipinski definition) is 1. The number of benzene rings is 1. The van der Waals surface area contributed by atoms with Crippen molar-refractivity contribution in [2.75, 3.05) is 32.2 Å². The molecule has 2 aromatic rings. The van der Waals surface area contributed by atoms with Gasteiger partial charge in [0.15, 0.2) is 0 Å². The molecule has 0 aliphatic rings. The van der Waals surface area contributed by atoms with Crippen LogP contribution < -0.4 is 10.2 Å². The highest BCUT2D eigenvalue weighted by atomic mass is 35.5. The summed E-state index contributed by atoms with van der Waals surface area (Å²) in [5, 5.41) is 4.06. The molecule has 1 aromatic carbocycles. The van der Waals surface area contributed by atoms with E-state index < -0.39 is 0 Å². The highest BCUT2D eigenvalue weighted by molar-refractivity contribution is 6.33. The number of hydrogen-bond acceptors (Lipinski definition) is 4. The molecule has 1 N–H and O–H groups in total. The highest BCUT2D eigenvalue weighted by Crippen LogP contribution is 2.27. The molecule has 0 saturated heterocycles. The summed E-state index contributed by atoms with van der Waals surface area (Å²) in [6, 6.07) is 8.10. The average Bonchev–Trinajstić information content (AvgIpc) is 2.96. The minimum atomic E-state index is 0.708. The maximum atomic E-state index is 6.39. The summed E-state index contributed by atoms with van der Waals surface area (Å²) in [7, 11) is 3.72. The molecule has 5 heteroatoms. The monoisotopic (exact) mass is 308 g/mol. The van der Waals surface area contributed by atoms with Crippen LogP contribution in [0.15, 0.2) is 41.2 Å². The number of methoxy groups -OCH3 is 1. The van der Waals surface area contributed by atoms with E-state index in [1.165, 1.54) is 0 Å². The van der Waals surface area contributed by atoms with Gasteiger partial charge in [0.05, 0.1) is 29.8 Å². The van der Waals surface area contributed by atoms with Crippen LogP contribution in [0.25, 0.3) is 0 Å². The molecule has 0 atom stereocenters. The minimum Gasteiger partial charge on any atom is -0.472 e. The van der Waals surface area contributed by atoms with E-state index in [0.29, 0.717) is 6.61 Å². The quantitative estimate of drug-likeness (QED) is 0.759. The van der Waals surface area contributed by atoms with Crippen molar-refractivity contribution in [2.24, 2.45) is 0 Å². The predicted molar refractivity (Wildman–Crippen MR) is 85.8 cm³/mol. The summed E-state index contributed by atoms with van der Waals surface area (Å²) in [6.45, 7) is 3.09. The fourth-order valence-corrected chi connectivity index (χ4v) is 2.47. The van der Waals surface area contributed by atoms with E-state index >= 15 is 0 Å². The fraction of sp³-hybridized carbons (Fsp3) is 0.375. The molecule has 0 amide bonds. The van der Waals surface area contributed by atoms with E-state index in [-0.39, 0.29) is 0 Å². The van der Waals surface area contributed by atoms with Crippen molar-refractivity contribution >= 4 is 17.3 Å². The third-order valence-corrected chi connectivity index (χ3v) is 3.54. The number of ether oxygens (including phenoxy) is 1. The summed E-state index contributed by atoms with van der Waals surface area (Å²) in [5.74, 6) is 0. The molecule has 4 nitrogen and oxygen atoms in total. The SMILES string of the molecule is COCCNCc1ccc(N(C)Cc2ccoc2)c(Cl)c1. The lowest BCUT2D eigenvalue weighted by Gasteiger charge is -2.20. The molecule has 114 valence electrons. The van der Waals surface area contributed by atoms with Crippen LogP contribution in [-0.4, -0.2) is 27.3 Å². The minimum absolute atomic E-state index is 0.708. The first-order valence-electron chi connectivity index (χ1n) is 6.91. The Morgan fingerprint density at radius 3 is 2.81 bits per heavy atom. The van der Waals surface area contributed by atoms with Crippen molar-refractivity contribution in [3.05, 3.63) is 52.9 Å². The van der Waals surface area contributed by atoms with E-state index in [4.69, 9.17) is 20.8 Å². The van der Waals surface area contributed by atoms with Crippen molar-refractivity contribution in [3.8, 4) is 0 Å². The lowest BCUT2D eigenvalue weighted by Crippen LogP contribution is -2.19. The third-order valence-electron chi connectivity index (χ3n) is 3.24. The molecule has 0 aliphatic heterocycles. The number of halogens is 1. The summed E-state index contributed by atoms with van der Waals surface area (Å²) in [6.07, 6.45) is 3.43. The Hall–Kier alpha value is -1.49. The number of nitrogens with one attached hydrogen (secondary N) is 1. The van der Waals surface area contributed by atoms with Crippen LogP contribution in [0, 0.1) is 0 Å². The Bertz CT molecular complexity index is 543. The molecule has 2 rings (SSSR count). The van der Waals surface area contributed by atoms with Crippen molar-refractivity contribution < 1.29 is 9.15 Å². The first-order valence-corrected chi connectivity index (χ1v) is 7.29. The zero-order chi connectivity index (χ0) is 15.1.